The maximum atomic E-state index is 11.6. The van der Waals surface area contributed by atoms with Gasteiger partial charge in [0.2, 0.25) is 0 Å². The van der Waals surface area contributed by atoms with Crippen molar-refractivity contribution in [3.8, 4) is 0 Å². The largest absolute Gasteiger partial charge is 0.479 e. The molecule has 0 aliphatic rings. The van der Waals surface area contributed by atoms with Gasteiger partial charge >= 0.3 is 11.9 Å². The molecule has 0 rings (SSSR count). The Bertz CT molecular complexity index is 317. The fraction of sp³-hybridized carbons (Fsp3) is 0.833. The predicted molar refractivity (Wildman–Crippen MR) is 63.9 cm³/mol. The van der Waals surface area contributed by atoms with Gasteiger partial charge in [0.15, 0.2) is 11.7 Å². The fourth-order valence-corrected chi connectivity index (χ4v) is 1.49. The summed E-state index contributed by atoms with van der Waals surface area (Å²) in [5.41, 5.74) is -3.40. The Hall–Kier alpha value is -1.14. The summed E-state index contributed by atoms with van der Waals surface area (Å²) >= 11 is 0. The molecule has 0 saturated carbocycles. The number of carbonyl (C=O) groups is 2. The summed E-state index contributed by atoms with van der Waals surface area (Å²) in [4.78, 5) is 22.6. The minimum absolute atomic E-state index is 0.205. The van der Waals surface area contributed by atoms with E-state index in [4.69, 9.17) is 9.84 Å². The second-order valence-corrected chi connectivity index (χ2v) is 5.76. The lowest BCUT2D eigenvalue weighted by Crippen LogP contribution is -2.55. The summed E-state index contributed by atoms with van der Waals surface area (Å²) in [6.45, 7) is 8.10. The monoisotopic (exact) mass is 262 g/mol. The molecule has 0 spiro atoms. The van der Waals surface area contributed by atoms with Gasteiger partial charge in [-0.05, 0) is 33.1 Å². The van der Waals surface area contributed by atoms with Crippen molar-refractivity contribution in [3.05, 3.63) is 0 Å². The Balaban J connectivity index is 5.04. The summed E-state index contributed by atoms with van der Waals surface area (Å²) < 4.78 is 4.87. The second kappa shape index (κ2) is 5.67. The van der Waals surface area contributed by atoms with E-state index < -0.39 is 29.2 Å². The van der Waals surface area contributed by atoms with Crippen molar-refractivity contribution in [2.45, 2.75) is 58.3 Å². The summed E-state index contributed by atoms with van der Waals surface area (Å²) in [5, 5.41) is 28.6. The standard InChI is InChI=1S/C12H22O6/c1-7(2)6-12(17,10(15)16)8(13)9(14)18-11(3,4)5/h7-8,13,17H,6H2,1-5H3,(H,15,16)/t8-,12+/m1/s1. The molecule has 0 saturated heterocycles. The Morgan fingerprint density at radius 3 is 1.94 bits per heavy atom. The molecule has 0 amide bonds. The molecule has 0 aromatic heterocycles. The third kappa shape index (κ3) is 4.62. The molecule has 0 aromatic carbocycles. The zero-order valence-electron chi connectivity index (χ0n) is 11.4. The van der Waals surface area contributed by atoms with E-state index in [0.29, 0.717) is 0 Å². The minimum atomic E-state index is -2.53. The van der Waals surface area contributed by atoms with Crippen LogP contribution in [-0.2, 0) is 14.3 Å². The van der Waals surface area contributed by atoms with E-state index in [0.717, 1.165) is 0 Å². The highest BCUT2D eigenvalue weighted by Crippen LogP contribution is 2.24. The van der Waals surface area contributed by atoms with Crippen molar-refractivity contribution in [1.82, 2.24) is 0 Å². The van der Waals surface area contributed by atoms with Crippen LogP contribution >= 0.6 is 0 Å². The zero-order valence-corrected chi connectivity index (χ0v) is 11.4. The topological polar surface area (TPSA) is 104 Å². The van der Waals surface area contributed by atoms with E-state index in [1.165, 1.54) is 0 Å². The lowest BCUT2D eigenvalue weighted by Gasteiger charge is -2.31. The molecule has 6 nitrogen and oxygen atoms in total. The highest BCUT2D eigenvalue weighted by molar-refractivity contribution is 5.88. The van der Waals surface area contributed by atoms with Crippen LogP contribution in [0.2, 0.25) is 0 Å². The molecule has 0 aliphatic heterocycles. The average molecular weight is 262 g/mol. The molecule has 18 heavy (non-hydrogen) atoms. The number of hydrogen-bond acceptors (Lipinski definition) is 5. The lowest BCUT2D eigenvalue weighted by molar-refractivity contribution is -0.194. The van der Waals surface area contributed by atoms with Gasteiger partial charge in [0.1, 0.15) is 5.60 Å². The Morgan fingerprint density at radius 2 is 1.67 bits per heavy atom. The maximum absolute atomic E-state index is 11.6. The van der Waals surface area contributed by atoms with Crippen LogP contribution < -0.4 is 0 Å². The molecule has 106 valence electrons. The SMILES string of the molecule is CC(C)C[C@@](O)(C(=O)O)[C@H](O)C(=O)OC(C)(C)C. The van der Waals surface area contributed by atoms with Gasteiger partial charge < -0.3 is 20.1 Å². The number of ether oxygens (including phenoxy) is 1. The van der Waals surface area contributed by atoms with Gasteiger partial charge in [0.05, 0.1) is 0 Å². The van der Waals surface area contributed by atoms with Crippen LogP contribution in [0.15, 0.2) is 0 Å². The number of esters is 1. The fourth-order valence-electron chi connectivity index (χ4n) is 1.49. The minimum Gasteiger partial charge on any atom is -0.479 e. The van der Waals surface area contributed by atoms with Gasteiger partial charge in [-0.25, -0.2) is 9.59 Å². The van der Waals surface area contributed by atoms with E-state index in [-0.39, 0.29) is 12.3 Å². The highest BCUT2D eigenvalue weighted by atomic mass is 16.6. The van der Waals surface area contributed by atoms with E-state index in [2.05, 4.69) is 0 Å². The first-order valence-electron chi connectivity index (χ1n) is 5.77. The van der Waals surface area contributed by atoms with Gasteiger partial charge in [-0.1, -0.05) is 13.8 Å². The molecule has 0 heterocycles. The molecule has 3 N–H and O–H groups in total. The number of aliphatic hydroxyl groups excluding tert-OH is 1. The molecule has 0 radical (unpaired) electrons. The molecular formula is C12H22O6. The van der Waals surface area contributed by atoms with E-state index in [1.54, 1.807) is 34.6 Å². The summed E-state index contributed by atoms with van der Waals surface area (Å²) in [5.74, 6) is -2.99. The third-order valence-electron chi connectivity index (χ3n) is 2.17. The van der Waals surface area contributed by atoms with E-state index >= 15 is 0 Å². The van der Waals surface area contributed by atoms with Gasteiger partial charge in [-0.3, -0.25) is 0 Å². The van der Waals surface area contributed by atoms with Crippen molar-refractivity contribution in [1.29, 1.82) is 0 Å². The number of aliphatic carboxylic acids is 1. The molecular weight excluding hydrogens is 240 g/mol. The molecule has 0 unspecified atom stereocenters. The molecule has 6 heteroatoms. The molecule has 2 atom stereocenters. The molecule has 0 bridgehead atoms. The Labute approximate surface area is 107 Å². The number of carboxylic acids is 1. The van der Waals surface area contributed by atoms with Crippen LogP contribution in [0.3, 0.4) is 0 Å². The molecule has 0 aromatic rings. The lowest BCUT2D eigenvalue weighted by atomic mass is 9.87. The smallest absolute Gasteiger partial charge is 0.339 e. The van der Waals surface area contributed by atoms with Crippen LogP contribution in [0, 0.1) is 5.92 Å². The molecule has 0 fully saturated rings. The maximum Gasteiger partial charge on any atom is 0.339 e. The first-order chi connectivity index (χ1) is 7.90. The van der Waals surface area contributed by atoms with Crippen LogP contribution in [0.25, 0.3) is 0 Å². The van der Waals surface area contributed by atoms with E-state index in [1.807, 2.05) is 0 Å². The summed E-state index contributed by atoms with van der Waals surface area (Å²) in [6.07, 6.45) is -2.36. The summed E-state index contributed by atoms with van der Waals surface area (Å²) in [7, 11) is 0. The Kier molecular flexibility index (Phi) is 5.31. The number of rotatable bonds is 5. The third-order valence-corrected chi connectivity index (χ3v) is 2.17. The van der Waals surface area contributed by atoms with Crippen molar-refractivity contribution < 1.29 is 29.6 Å². The average Bonchev–Trinajstić information content (AvgIpc) is 2.12. The number of carbonyl (C=O) groups excluding carboxylic acids is 1. The van der Waals surface area contributed by atoms with Crippen molar-refractivity contribution in [2.24, 2.45) is 5.92 Å². The van der Waals surface area contributed by atoms with Crippen molar-refractivity contribution in [2.75, 3.05) is 0 Å². The van der Waals surface area contributed by atoms with Crippen molar-refractivity contribution >= 4 is 11.9 Å². The van der Waals surface area contributed by atoms with Crippen LogP contribution in [-0.4, -0.2) is 44.6 Å². The van der Waals surface area contributed by atoms with Gasteiger partial charge in [0.25, 0.3) is 0 Å². The van der Waals surface area contributed by atoms with Gasteiger partial charge in [0, 0.05) is 0 Å². The molecule has 0 aliphatic carbocycles. The van der Waals surface area contributed by atoms with Crippen LogP contribution in [0.4, 0.5) is 0 Å². The first-order valence-corrected chi connectivity index (χ1v) is 5.77. The number of aliphatic hydroxyl groups is 2. The van der Waals surface area contributed by atoms with Crippen molar-refractivity contribution in [3.63, 3.8) is 0 Å². The van der Waals surface area contributed by atoms with Gasteiger partial charge in [-0.15, -0.1) is 0 Å². The van der Waals surface area contributed by atoms with Crippen LogP contribution in [0.5, 0.6) is 0 Å². The highest BCUT2D eigenvalue weighted by Gasteiger charge is 2.49. The van der Waals surface area contributed by atoms with E-state index in [9.17, 15) is 19.8 Å². The van der Waals surface area contributed by atoms with Gasteiger partial charge in [-0.2, -0.15) is 0 Å². The first kappa shape index (κ1) is 16.9. The normalized spacial score (nSPS) is 17.1. The van der Waals surface area contributed by atoms with Crippen LogP contribution in [0.1, 0.15) is 41.0 Å². The summed E-state index contributed by atoms with van der Waals surface area (Å²) in [6, 6.07) is 0. The predicted octanol–water partition coefficient (Wildman–Crippen LogP) is 0.551. The Morgan fingerprint density at radius 1 is 1.22 bits per heavy atom. The number of hydrogen-bond donors (Lipinski definition) is 3. The second-order valence-electron chi connectivity index (χ2n) is 5.76. The number of carboxylic acid groups (broad SMARTS) is 1. The zero-order chi connectivity index (χ0) is 14.7. The quantitative estimate of drug-likeness (QED) is 0.625.